The Balaban J connectivity index is 1.78. The van der Waals surface area contributed by atoms with E-state index in [4.69, 9.17) is 16.1 Å². The van der Waals surface area contributed by atoms with Gasteiger partial charge in [0.25, 0.3) is 0 Å². The number of pyridine rings is 1. The van der Waals surface area contributed by atoms with Gasteiger partial charge >= 0.3 is 0 Å². The van der Waals surface area contributed by atoms with E-state index in [0.29, 0.717) is 48.5 Å². The summed E-state index contributed by atoms with van der Waals surface area (Å²) in [4.78, 5) is 6.42. The van der Waals surface area contributed by atoms with E-state index in [2.05, 4.69) is 10.1 Å². The maximum Gasteiger partial charge on any atom is 0.248 e. The molecule has 3 heterocycles. The first-order valence-electron chi connectivity index (χ1n) is 7.19. The van der Waals surface area contributed by atoms with Crippen LogP contribution in [0.4, 0.5) is 5.82 Å². The van der Waals surface area contributed by atoms with Crippen LogP contribution < -0.4 is 4.90 Å². The van der Waals surface area contributed by atoms with E-state index in [-0.39, 0.29) is 4.90 Å². The lowest BCUT2D eigenvalue weighted by molar-refractivity contribution is 0.378. The molecule has 0 amide bonds. The zero-order valence-electron chi connectivity index (χ0n) is 12.9. The molecule has 0 unspecified atom stereocenters. The van der Waals surface area contributed by atoms with Gasteiger partial charge in [0.2, 0.25) is 10.0 Å². The Bertz CT molecular complexity index is 794. The Morgan fingerprint density at radius 2 is 1.91 bits per heavy atom. The lowest BCUT2D eigenvalue weighted by Gasteiger charge is -2.34. The number of hydrogen-bond donors (Lipinski definition) is 0. The Morgan fingerprint density at radius 1 is 1.22 bits per heavy atom. The molecule has 0 aromatic carbocycles. The molecule has 0 N–H and O–H groups in total. The van der Waals surface area contributed by atoms with Crippen molar-refractivity contribution in [3.05, 3.63) is 34.8 Å². The molecule has 23 heavy (non-hydrogen) atoms. The van der Waals surface area contributed by atoms with Crippen LogP contribution in [0.2, 0.25) is 5.02 Å². The van der Waals surface area contributed by atoms with Gasteiger partial charge in [-0.3, -0.25) is 0 Å². The van der Waals surface area contributed by atoms with Crippen molar-refractivity contribution in [3.63, 3.8) is 0 Å². The van der Waals surface area contributed by atoms with Crippen molar-refractivity contribution in [2.24, 2.45) is 0 Å². The number of hydrogen-bond acceptors (Lipinski definition) is 6. The minimum Gasteiger partial charge on any atom is -0.360 e. The lowest BCUT2D eigenvalue weighted by Crippen LogP contribution is -2.49. The smallest absolute Gasteiger partial charge is 0.248 e. The van der Waals surface area contributed by atoms with Crippen molar-refractivity contribution < 1.29 is 12.9 Å². The first kappa shape index (κ1) is 16.2. The standard InChI is InChI=1S/C14H17ClN4O3S/c1-10-13(11(2)22-17-10)23(20,21)19-8-6-18(7-9-19)14-12(15)4-3-5-16-14/h3-5H,6-9H2,1-2H3. The van der Waals surface area contributed by atoms with Crippen LogP contribution in [-0.2, 0) is 10.0 Å². The Morgan fingerprint density at radius 3 is 2.48 bits per heavy atom. The van der Waals surface area contributed by atoms with Gasteiger partial charge in [-0.15, -0.1) is 0 Å². The summed E-state index contributed by atoms with van der Waals surface area (Å²) in [6, 6.07) is 3.54. The minimum absolute atomic E-state index is 0.168. The van der Waals surface area contributed by atoms with E-state index in [9.17, 15) is 8.42 Å². The number of nitrogens with zero attached hydrogens (tertiary/aromatic N) is 4. The van der Waals surface area contributed by atoms with Gasteiger partial charge in [-0.05, 0) is 26.0 Å². The zero-order chi connectivity index (χ0) is 16.6. The molecule has 1 aliphatic rings. The van der Waals surface area contributed by atoms with Crippen molar-refractivity contribution in [2.45, 2.75) is 18.7 Å². The number of anilines is 1. The summed E-state index contributed by atoms with van der Waals surface area (Å²) in [5.41, 5.74) is 0.387. The van der Waals surface area contributed by atoms with E-state index < -0.39 is 10.0 Å². The average Bonchev–Trinajstić information content (AvgIpc) is 2.87. The molecule has 2 aromatic heterocycles. The molecule has 0 bridgehead atoms. The van der Waals surface area contributed by atoms with Crippen LogP contribution in [0.3, 0.4) is 0 Å². The summed E-state index contributed by atoms with van der Waals surface area (Å²) in [7, 11) is -3.60. The number of sulfonamides is 1. The second-order valence-corrected chi connectivity index (χ2v) is 7.64. The van der Waals surface area contributed by atoms with Crippen LogP contribution in [0, 0.1) is 13.8 Å². The fraction of sp³-hybridized carbons (Fsp3) is 0.429. The van der Waals surface area contributed by atoms with E-state index in [1.807, 2.05) is 4.90 Å². The maximum atomic E-state index is 12.8. The number of aryl methyl sites for hydroxylation is 2. The molecule has 7 nitrogen and oxygen atoms in total. The maximum absolute atomic E-state index is 12.8. The number of rotatable bonds is 3. The average molecular weight is 357 g/mol. The molecule has 1 aliphatic heterocycles. The first-order valence-corrected chi connectivity index (χ1v) is 9.01. The zero-order valence-corrected chi connectivity index (χ0v) is 14.4. The Labute approximate surface area is 139 Å². The highest BCUT2D eigenvalue weighted by atomic mass is 35.5. The third-order valence-electron chi connectivity index (χ3n) is 3.84. The predicted octanol–water partition coefficient (Wildman–Crippen LogP) is 1.85. The summed E-state index contributed by atoms with van der Waals surface area (Å²) in [5.74, 6) is 1.00. The summed E-state index contributed by atoms with van der Waals surface area (Å²) < 4.78 is 32.0. The molecular formula is C14H17ClN4O3S. The first-order chi connectivity index (χ1) is 10.9. The molecule has 124 valence electrons. The fourth-order valence-electron chi connectivity index (χ4n) is 2.72. The Hall–Kier alpha value is -1.64. The number of piperazine rings is 1. The fourth-order valence-corrected chi connectivity index (χ4v) is 4.68. The third-order valence-corrected chi connectivity index (χ3v) is 6.28. The van der Waals surface area contributed by atoms with Gasteiger partial charge < -0.3 is 9.42 Å². The topological polar surface area (TPSA) is 79.5 Å². The van der Waals surface area contributed by atoms with E-state index in [0.717, 1.165) is 0 Å². The van der Waals surface area contributed by atoms with Crippen molar-refractivity contribution in [1.82, 2.24) is 14.4 Å². The van der Waals surface area contributed by atoms with Crippen LogP contribution in [0.1, 0.15) is 11.5 Å². The molecule has 0 saturated carbocycles. The molecule has 0 radical (unpaired) electrons. The van der Waals surface area contributed by atoms with Gasteiger partial charge in [0.1, 0.15) is 16.4 Å². The SMILES string of the molecule is Cc1noc(C)c1S(=O)(=O)N1CCN(c2ncccc2Cl)CC1. The van der Waals surface area contributed by atoms with Crippen LogP contribution in [0.15, 0.2) is 27.7 Å². The molecular weight excluding hydrogens is 340 g/mol. The predicted molar refractivity (Wildman–Crippen MR) is 86.2 cm³/mol. The summed E-state index contributed by atoms with van der Waals surface area (Å²) in [6.07, 6.45) is 1.67. The molecule has 2 aromatic rings. The summed E-state index contributed by atoms with van der Waals surface area (Å²) in [5, 5.41) is 4.30. The Kier molecular flexibility index (Phi) is 4.31. The van der Waals surface area contributed by atoms with E-state index in [1.165, 1.54) is 4.31 Å². The van der Waals surface area contributed by atoms with Crippen LogP contribution >= 0.6 is 11.6 Å². The number of halogens is 1. The van der Waals surface area contributed by atoms with Crippen molar-refractivity contribution in [3.8, 4) is 0 Å². The molecule has 9 heteroatoms. The molecule has 0 atom stereocenters. The minimum atomic E-state index is -3.60. The monoisotopic (exact) mass is 356 g/mol. The largest absolute Gasteiger partial charge is 0.360 e. The lowest BCUT2D eigenvalue weighted by atomic mass is 10.3. The van der Waals surface area contributed by atoms with Crippen molar-refractivity contribution >= 4 is 27.4 Å². The third kappa shape index (κ3) is 2.93. The van der Waals surface area contributed by atoms with E-state index in [1.54, 1.807) is 32.2 Å². The second-order valence-electron chi connectivity index (χ2n) is 5.35. The quantitative estimate of drug-likeness (QED) is 0.835. The number of aromatic nitrogens is 2. The molecule has 1 fully saturated rings. The molecule has 0 aliphatic carbocycles. The highest BCUT2D eigenvalue weighted by molar-refractivity contribution is 7.89. The van der Waals surface area contributed by atoms with Gasteiger partial charge in [0.15, 0.2) is 5.76 Å². The van der Waals surface area contributed by atoms with Crippen LogP contribution in [0.5, 0.6) is 0 Å². The highest BCUT2D eigenvalue weighted by Gasteiger charge is 2.33. The van der Waals surface area contributed by atoms with Gasteiger partial charge in [0, 0.05) is 32.4 Å². The van der Waals surface area contributed by atoms with Crippen LogP contribution in [0.25, 0.3) is 0 Å². The molecule has 0 spiro atoms. The van der Waals surface area contributed by atoms with E-state index >= 15 is 0 Å². The van der Waals surface area contributed by atoms with Gasteiger partial charge in [-0.2, -0.15) is 4.31 Å². The molecule has 1 saturated heterocycles. The second kappa shape index (κ2) is 6.10. The van der Waals surface area contributed by atoms with Gasteiger partial charge in [-0.25, -0.2) is 13.4 Å². The normalized spacial score (nSPS) is 16.7. The summed E-state index contributed by atoms with van der Waals surface area (Å²) in [6.45, 7) is 5.02. The highest BCUT2D eigenvalue weighted by Crippen LogP contribution is 2.27. The summed E-state index contributed by atoms with van der Waals surface area (Å²) >= 11 is 6.15. The van der Waals surface area contributed by atoms with Gasteiger partial charge in [0.05, 0.1) is 5.02 Å². The van der Waals surface area contributed by atoms with Crippen LogP contribution in [-0.4, -0.2) is 49.0 Å². The molecule has 3 rings (SSSR count). The van der Waals surface area contributed by atoms with Crippen molar-refractivity contribution in [1.29, 1.82) is 0 Å². The van der Waals surface area contributed by atoms with Gasteiger partial charge in [-0.1, -0.05) is 16.8 Å². The van der Waals surface area contributed by atoms with Crippen molar-refractivity contribution in [2.75, 3.05) is 31.1 Å².